The smallest absolute Gasteiger partial charge is 0.319 e. The lowest BCUT2D eigenvalue weighted by Crippen LogP contribution is -2.54. The molecule has 31 heavy (non-hydrogen) atoms. The third-order valence-electron chi connectivity index (χ3n) is 5.48. The van der Waals surface area contributed by atoms with Crippen molar-refractivity contribution in [1.29, 1.82) is 0 Å². The van der Waals surface area contributed by atoms with Crippen LogP contribution in [0.4, 0.5) is 10.5 Å². The lowest BCUT2D eigenvalue weighted by atomic mass is 9.94. The highest BCUT2D eigenvalue weighted by molar-refractivity contribution is 5.99. The van der Waals surface area contributed by atoms with Crippen molar-refractivity contribution >= 4 is 23.5 Å². The molecule has 0 aliphatic carbocycles. The maximum Gasteiger partial charge on any atom is 0.319 e. The van der Waals surface area contributed by atoms with E-state index in [4.69, 9.17) is 9.47 Å². The molecular weight excluding hydrogens is 400 g/mol. The number of carbonyl (C=O) groups is 3. The number of fused-ring (bicyclic) bond motifs is 2. The first-order chi connectivity index (χ1) is 14.8. The number of amides is 4. The van der Waals surface area contributed by atoms with Crippen LogP contribution in [0.1, 0.15) is 50.4 Å². The number of rotatable bonds is 5. The Labute approximate surface area is 182 Å². The number of hydrogen-bond donors (Lipinski definition) is 3. The molecule has 3 rings (SSSR count). The average Bonchev–Trinajstić information content (AvgIpc) is 2.70. The van der Waals surface area contributed by atoms with Gasteiger partial charge in [0.05, 0.1) is 24.1 Å². The van der Waals surface area contributed by atoms with Gasteiger partial charge in [-0.25, -0.2) is 4.79 Å². The van der Waals surface area contributed by atoms with E-state index in [0.717, 1.165) is 6.42 Å². The lowest BCUT2D eigenvalue weighted by Gasteiger charge is -2.42. The van der Waals surface area contributed by atoms with Gasteiger partial charge in [-0.2, -0.15) is 0 Å². The van der Waals surface area contributed by atoms with E-state index in [1.54, 1.807) is 30.1 Å². The predicted molar refractivity (Wildman–Crippen MR) is 116 cm³/mol. The van der Waals surface area contributed by atoms with Crippen molar-refractivity contribution in [1.82, 2.24) is 15.5 Å². The summed E-state index contributed by atoms with van der Waals surface area (Å²) < 4.78 is 12.1. The first-order valence-electron chi connectivity index (χ1n) is 10.8. The molecule has 4 amide bonds. The molecule has 0 radical (unpaired) electrons. The number of anilines is 1. The van der Waals surface area contributed by atoms with Crippen molar-refractivity contribution < 1.29 is 23.9 Å². The zero-order valence-corrected chi connectivity index (χ0v) is 18.6. The molecular formula is C22H32N4O5. The van der Waals surface area contributed by atoms with Crippen molar-refractivity contribution in [2.75, 3.05) is 25.5 Å². The van der Waals surface area contributed by atoms with Crippen LogP contribution in [0, 0.1) is 0 Å². The molecule has 9 nitrogen and oxygen atoms in total. The topological polar surface area (TPSA) is 109 Å². The average molecular weight is 433 g/mol. The third-order valence-corrected chi connectivity index (χ3v) is 5.48. The molecule has 9 heteroatoms. The predicted octanol–water partition coefficient (Wildman–Crippen LogP) is 2.12. The largest absolute Gasteiger partial charge is 0.490 e. The summed E-state index contributed by atoms with van der Waals surface area (Å²) in [5, 5.41) is 8.30. The van der Waals surface area contributed by atoms with Crippen LogP contribution in [-0.4, -0.2) is 67.2 Å². The Morgan fingerprint density at radius 2 is 2.03 bits per heavy atom. The quantitative estimate of drug-likeness (QED) is 0.660. The van der Waals surface area contributed by atoms with Gasteiger partial charge < -0.3 is 30.3 Å². The molecule has 2 aliphatic heterocycles. The zero-order valence-electron chi connectivity index (χ0n) is 18.6. The number of nitrogens with one attached hydrogen (secondary N) is 3. The van der Waals surface area contributed by atoms with Crippen LogP contribution in [-0.2, 0) is 9.53 Å². The van der Waals surface area contributed by atoms with Crippen LogP contribution >= 0.6 is 0 Å². The van der Waals surface area contributed by atoms with E-state index in [9.17, 15) is 14.4 Å². The Kier molecular flexibility index (Phi) is 7.37. The second-order valence-electron chi connectivity index (χ2n) is 8.29. The molecule has 0 spiro atoms. The first kappa shape index (κ1) is 22.9. The molecule has 1 saturated heterocycles. The van der Waals surface area contributed by atoms with E-state index in [0.29, 0.717) is 36.4 Å². The molecule has 0 bridgehead atoms. The minimum Gasteiger partial charge on any atom is -0.490 e. The molecule has 0 unspecified atom stereocenters. The summed E-state index contributed by atoms with van der Waals surface area (Å²) in [6, 6.07) is 4.54. The molecule has 1 aromatic carbocycles. The molecule has 0 aromatic heterocycles. The summed E-state index contributed by atoms with van der Waals surface area (Å²) in [7, 11) is 1.76. The van der Waals surface area contributed by atoms with Gasteiger partial charge >= 0.3 is 6.03 Å². The van der Waals surface area contributed by atoms with Gasteiger partial charge in [-0.15, -0.1) is 0 Å². The van der Waals surface area contributed by atoms with Crippen LogP contribution in [0.25, 0.3) is 0 Å². The summed E-state index contributed by atoms with van der Waals surface area (Å²) in [6.45, 7) is 6.49. The van der Waals surface area contributed by atoms with Gasteiger partial charge in [-0.05, 0) is 51.8 Å². The standard InChI is InChI=1S/C22H32N4O5/c1-5-23-20(27)11-15-7-8-17-19(31-15)12-30-18-9-6-14(25-22(29)24-13(2)3)10-16(18)21(28)26(17)4/h6,9-10,13,15,17,19H,5,7-8,11-12H2,1-4H3,(H,23,27)(H2,24,25,29)/t15-,17+,19+/m1/s1. The first-order valence-corrected chi connectivity index (χ1v) is 10.8. The van der Waals surface area contributed by atoms with Gasteiger partial charge in [0, 0.05) is 25.3 Å². The molecule has 0 saturated carbocycles. The fraction of sp³-hybridized carbons (Fsp3) is 0.591. The van der Waals surface area contributed by atoms with E-state index in [-0.39, 0.29) is 48.7 Å². The van der Waals surface area contributed by atoms with Crippen LogP contribution in [0.2, 0.25) is 0 Å². The second kappa shape index (κ2) is 10.00. The minimum atomic E-state index is -0.332. The summed E-state index contributed by atoms with van der Waals surface area (Å²) in [5.74, 6) is 0.219. The van der Waals surface area contributed by atoms with Crippen LogP contribution < -0.4 is 20.7 Å². The van der Waals surface area contributed by atoms with Gasteiger partial charge in [-0.3, -0.25) is 9.59 Å². The van der Waals surface area contributed by atoms with Gasteiger partial charge in [-0.1, -0.05) is 0 Å². The highest BCUT2D eigenvalue weighted by Crippen LogP contribution is 2.32. The normalized spacial score (nSPS) is 23.1. The summed E-state index contributed by atoms with van der Waals surface area (Å²) in [4.78, 5) is 38.8. The lowest BCUT2D eigenvalue weighted by molar-refractivity contribution is -0.133. The number of likely N-dealkylation sites (N-methyl/N-ethyl adjacent to an activating group) is 1. The minimum absolute atomic E-state index is 0.000506. The van der Waals surface area contributed by atoms with Crippen molar-refractivity contribution in [3.05, 3.63) is 23.8 Å². The molecule has 2 heterocycles. The van der Waals surface area contributed by atoms with E-state index in [2.05, 4.69) is 16.0 Å². The molecule has 1 aromatic rings. The molecule has 3 atom stereocenters. The maximum atomic E-state index is 13.2. The van der Waals surface area contributed by atoms with E-state index >= 15 is 0 Å². The number of ether oxygens (including phenoxy) is 2. The van der Waals surface area contributed by atoms with Crippen LogP contribution in [0.3, 0.4) is 0 Å². The Hall–Kier alpha value is -2.81. The summed E-state index contributed by atoms with van der Waals surface area (Å²) >= 11 is 0. The van der Waals surface area contributed by atoms with Crippen molar-refractivity contribution in [3.8, 4) is 5.75 Å². The van der Waals surface area contributed by atoms with Crippen LogP contribution in [0.5, 0.6) is 5.75 Å². The van der Waals surface area contributed by atoms with Crippen molar-refractivity contribution in [3.63, 3.8) is 0 Å². The van der Waals surface area contributed by atoms with Gasteiger partial charge in [0.15, 0.2) is 0 Å². The monoisotopic (exact) mass is 432 g/mol. The number of hydrogen-bond acceptors (Lipinski definition) is 5. The fourth-order valence-electron chi connectivity index (χ4n) is 4.01. The van der Waals surface area contributed by atoms with E-state index < -0.39 is 0 Å². The van der Waals surface area contributed by atoms with Crippen molar-refractivity contribution in [2.45, 2.75) is 64.3 Å². The fourth-order valence-corrected chi connectivity index (χ4v) is 4.01. The Bertz CT molecular complexity index is 828. The molecule has 1 fully saturated rings. The van der Waals surface area contributed by atoms with Gasteiger partial charge in [0.2, 0.25) is 5.91 Å². The highest BCUT2D eigenvalue weighted by Gasteiger charge is 2.39. The second-order valence-corrected chi connectivity index (χ2v) is 8.29. The number of nitrogens with zero attached hydrogens (tertiary/aromatic N) is 1. The van der Waals surface area contributed by atoms with E-state index in [1.165, 1.54) is 0 Å². The number of urea groups is 1. The highest BCUT2D eigenvalue weighted by atomic mass is 16.5. The zero-order chi connectivity index (χ0) is 22.5. The summed E-state index contributed by atoms with van der Waals surface area (Å²) in [5.41, 5.74) is 0.911. The SMILES string of the molecule is CCNC(=O)C[C@H]1CC[C@H]2[C@H](COc3ccc(NC(=O)NC(C)C)cc3C(=O)N2C)O1. The van der Waals surface area contributed by atoms with Crippen molar-refractivity contribution in [2.24, 2.45) is 0 Å². The summed E-state index contributed by atoms with van der Waals surface area (Å²) in [6.07, 6.45) is 1.22. The van der Waals surface area contributed by atoms with Gasteiger partial charge in [0.1, 0.15) is 18.5 Å². The Morgan fingerprint density at radius 3 is 2.74 bits per heavy atom. The third kappa shape index (κ3) is 5.66. The van der Waals surface area contributed by atoms with Gasteiger partial charge in [0.25, 0.3) is 5.91 Å². The van der Waals surface area contributed by atoms with E-state index in [1.807, 2.05) is 20.8 Å². The molecule has 2 aliphatic rings. The van der Waals surface area contributed by atoms with Crippen LogP contribution in [0.15, 0.2) is 18.2 Å². The Morgan fingerprint density at radius 1 is 1.26 bits per heavy atom. The number of benzene rings is 1. The molecule has 3 N–H and O–H groups in total. The number of carbonyl (C=O) groups excluding carboxylic acids is 3. The molecule has 170 valence electrons. The maximum absolute atomic E-state index is 13.2. The Balaban J connectivity index is 1.73.